The van der Waals surface area contributed by atoms with Gasteiger partial charge >= 0.3 is 12.1 Å². The Morgan fingerprint density at radius 3 is 2.04 bits per heavy atom. The predicted molar refractivity (Wildman–Crippen MR) is 89.0 cm³/mol. The molecule has 3 amide bonds. The van der Waals surface area contributed by atoms with Gasteiger partial charge in [0.2, 0.25) is 0 Å². The van der Waals surface area contributed by atoms with Crippen LogP contribution in [0.4, 0.5) is 4.79 Å². The van der Waals surface area contributed by atoms with Crippen LogP contribution in [-0.2, 0) is 24.0 Å². The highest BCUT2D eigenvalue weighted by molar-refractivity contribution is 6.01. The normalized spacial score (nSPS) is 16.6. The lowest BCUT2D eigenvalue weighted by atomic mass is 9.84. The standard InChI is InChI=1S/C17H28N2O6/c1-16(2,3)11(7-10-14(22)24-17(4,5)6)18-15(23)25-19-12(20)8-9-13(19)21/h11H,7-10H2,1-6H3,(H,18,23)/t11-/m0/s1. The number of hydrogen-bond donors (Lipinski definition) is 1. The second-order valence-corrected chi connectivity index (χ2v) is 8.15. The molecule has 1 atom stereocenters. The second kappa shape index (κ2) is 7.84. The summed E-state index contributed by atoms with van der Waals surface area (Å²) >= 11 is 0. The first-order chi connectivity index (χ1) is 11.3. The van der Waals surface area contributed by atoms with Crippen molar-refractivity contribution in [1.82, 2.24) is 10.4 Å². The van der Waals surface area contributed by atoms with E-state index in [2.05, 4.69) is 5.32 Å². The molecule has 0 aromatic rings. The Balaban J connectivity index is 2.61. The predicted octanol–water partition coefficient (Wildman–Crippen LogP) is 2.31. The molecule has 1 rings (SSSR count). The van der Waals surface area contributed by atoms with Crippen LogP contribution < -0.4 is 5.32 Å². The summed E-state index contributed by atoms with van der Waals surface area (Å²) in [6.07, 6.45) is -0.357. The number of nitrogens with one attached hydrogen (secondary N) is 1. The van der Waals surface area contributed by atoms with Crippen LogP contribution in [0.1, 0.15) is 67.2 Å². The number of imide groups is 1. The van der Waals surface area contributed by atoms with Gasteiger partial charge in [-0.25, -0.2) is 4.79 Å². The monoisotopic (exact) mass is 356 g/mol. The lowest BCUT2D eigenvalue weighted by Gasteiger charge is -2.31. The molecule has 25 heavy (non-hydrogen) atoms. The number of carbonyl (C=O) groups is 4. The number of rotatable bonds is 5. The molecule has 0 unspecified atom stereocenters. The minimum absolute atomic E-state index is 0.0352. The molecule has 0 aliphatic carbocycles. The zero-order valence-corrected chi connectivity index (χ0v) is 15.8. The van der Waals surface area contributed by atoms with Crippen molar-refractivity contribution < 1.29 is 28.8 Å². The van der Waals surface area contributed by atoms with Crippen LogP contribution in [0.15, 0.2) is 0 Å². The molecule has 0 bridgehead atoms. The minimum atomic E-state index is -0.896. The van der Waals surface area contributed by atoms with E-state index >= 15 is 0 Å². The fourth-order valence-electron chi connectivity index (χ4n) is 2.29. The van der Waals surface area contributed by atoms with E-state index in [1.165, 1.54) is 0 Å². The molecule has 8 nitrogen and oxygen atoms in total. The number of esters is 1. The number of nitrogens with zero attached hydrogens (tertiary/aromatic N) is 1. The van der Waals surface area contributed by atoms with Crippen LogP contribution >= 0.6 is 0 Å². The van der Waals surface area contributed by atoms with Crippen molar-refractivity contribution in [3.8, 4) is 0 Å². The van der Waals surface area contributed by atoms with Crippen molar-refractivity contribution >= 4 is 23.9 Å². The fourth-order valence-corrected chi connectivity index (χ4v) is 2.29. The van der Waals surface area contributed by atoms with Crippen molar-refractivity contribution in [2.24, 2.45) is 5.41 Å². The fraction of sp³-hybridized carbons (Fsp3) is 0.765. The molecule has 0 aromatic heterocycles. The zero-order chi connectivity index (χ0) is 19.4. The Hall–Kier alpha value is -2.12. The largest absolute Gasteiger partial charge is 0.460 e. The van der Waals surface area contributed by atoms with Gasteiger partial charge in [-0.15, -0.1) is 5.06 Å². The van der Waals surface area contributed by atoms with Crippen LogP contribution in [-0.4, -0.2) is 40.6 Å². The number of amides is 3. The summed E-state index contributed by atoms with van der Waals surface area (Å²) in [6, 6.07) is -0.402. The maximum Gasteiger partial charge on any atom is 0.432 e. The quantitative estimate of drug-likeness (QED) is 0.599. The van der Waals surface area contributed by atoms with Gasteiger partial charge in [0.1, 0.15) is 5.60 Å². The summed E-state index contributed by atoms with van der Waals surface area (Å²) < 4.78 is 5.26. The molecule has 0 radical (unpaired) electrons. The average molecular weight is 356 g/mol. The number of carbonyl (C=O) groups excluding carboxylic acids is 4. The van der Waals surface area contributed by atoms with Gasteiger partial charge in [-0.3, -0.25) is 14.4 Å². The minimum Gasteiger partial charge on any atom is -0.460 e. The lowest BCUT2D eigenvalue weighted by molar-refractivity contribution is -0.171. The van der Waals surface area contributed by atoms with Crippen LogP contribution in [0, 0.1) is 5.41 Å². The van der Waals surface area contributed by atoms with Crippen molar-refractivity contribution in [2.75, 3.05) is 0 Å². The third-order valence-corrected chi connectivity index (χ3v) is 3.57. The maximum atomic E-state index is 12.0. The van der Waals surface area contributed by atoms with E-state index in [9.17, 15) is 19.2 Å². The first-order valence-corrected chi connectivity index (χ1v) is 8.35. The van der Waals surface area contributed by atoms with Gasteiger partial charge in [0.05, 0.1) is 0 Å². The molecule has 0 spiro atoms. The van der Waals surface area contributed by atoms with Gasteiger partial charge in [0.15, 0.2) is 0 Å². The Labute approximate surface area is 148 Å². The molecule has 1 fully saturated rings. The smallest absolute Gasteiger partial charge is 0.432 e. The van der Waals surface area contributed by atoms with Gasteiger partial charge in [-0.1, -0.05) is 20.8 Å². The Morgan fingerprint density at radius 1 is 1.08 bits per heavy atom. The zero-order valence-electron chi connectivity index (χ0n) is 15.8. The van der Waals surface area contributed by atoms with Gasteiger partial charge in [-0.2, -0.15) is 0 Å². The maximum absolute atomic E-state index is 12.0. The lowest BCUT2D eigenvalue weighted by Crippen LogP contribution is -2.47. The molecular weight excluding hydrogens is 328 g/mol. The molecule has 1 N–H and O–H groups in total. The van der Waals surface area contributed by atoms with E-state index in [0.29, 0.717) is 11.5 Å². The first-order valence-electron chi connectivity index (χ1n) is 8.35. The topological polar surface area (TPSA) is 102 Å². The van der Waals surface area contributed by atoms with Crippen molar-refractivity contribution in [2.45, 2.75) is 78.9 Å². The van der Waals surface area contributed by atoms with E-state index < -0.39 is 29.6 Å². The summed E-state index contributed by atoms with van der Waals surface area (Å²) in [4.78, 5) is 51.7. The van der Waals surface area contributed by atoms with E-state index in [4.69, 9.17) is 9.57 Å². The van der Waals surface area contributed by atoms with Gasteiger partial charge in [-0.05, 0) is 32.6 Å². The third kappa shape index (κ3) is 7.11. The Kier molecular flexibility index (Phi) is 6.56. The van der Waals surface area contributed by atoms with Crippen LogP contribution in [0.25, 0.3) is 0 Å². The molecule has 0 aromatic carbocycles. The van der Waals surface area contributed by atoms with Gasteiger partial charge in [0.25, 0.3) is 11.8 Å². The number of hydrogen-bond acceptors (Lipinski definition) is 6. The van der Waals surface area contributed by atoms with Crippen LogP contribution in [0.3, 0.4) is 0 Å². The molecule has 1 aliphatic heterocycles. The van der Waals surface area contributed by atoms with Crippen molar-refractivity contribution in [1.29, 1.82) is 0 Å². The summed E-state index contributed by atoms with van der Waals surface area (Å²) in [6.45, 7) is 11.1. The van der Waals surface area contributed by atoms with E-state index in [0.717, 1.165) is 0 Å². The van der Waals surface area contributed by atoms with E-state index in [1.807, 2.05) is 20.8 Å². The molecule has 142 valence electrons. The van der Waals surface area contributed by atoms with E-state index in [-0.39, 0.29) is 30.6 Å². The highest BCUT2D eigenvalue weighted by Crippen LogP contribution is 2.24. The first kappa shape index (κ1) is 20.9. The molecular formula is C17H28N2O6. The van der Waals surface area contributed by atoms with Gasteiger partial charge in [0, 0.05) is 25.3 Å². The summed E-state index contributed by atoms with van der Waals surface area (Å²) in [5.41, 5.74) is -0.933. The van der Waals surface area contributed by atoms with E-state index in [1.54, 1.807) is 20.8 Å². The third-order valence-electron chi connectivity index (χ3n) is 3.57. The Morgan fingerprint density at radius 2 is 1.60 bits per heavy atom. The molecule has 8 heteroatoms. The Bertz CT molecular complexity index is 528. The molecule has 1 aliphatic rings. The number of hydroxylamine groups is 2. The summed E-state index contributed by atoms with van der Waals surface area (Å²) in [7, 11) is 0. The van der Waals surface area contributed by atoms with Crippen molar-refractivity contribution in [3.63, 3.8) is 0 Å². The van der Waals surface area contributed by atoms with Crippen LogP contribution in [0.5, 0.6) is 0 Å². The SMILES string of the molecule is CC(C)(C)OC(=O)CC[C@H](NC(=O)ON1C(=O)CCC1=O)C(C)(C)C. The highest BCUT2D eigenvalue weighted by atomic mass is 16.7. The average Bonchev–Trinajstić information content (AvgIpc) is 2.72. The number of ether oxygens (including phenoxy) is 1. The summed E-state index contributed by atoms with van der Waals surface area (Å²) in [5.74, 6) is -1.44. The summed E-state index contributed by atoms with van der Waals surface area (Å²) in [5, 5.41) is 3.12. The highest BCUT2D eigenvalue weighted by Gasteiger charge is 2.34. The molecule has 1 heterocycles. The van der Waals surface area contributed by atoms with Crippen LogP contribution in [0.2, 0.25) is 0 Å². The van der Waals surface area contributed by atoms with Gasteiger partial charge < -0.3 is 14.9 Å². The molecule has 1 saturated heterocycles. The molecule has 0 saturated carbocycles. The van der Waals surface area contributed by atoms with Crippen molar-refractivity contribution in [3.05, 3.63) is 0 Å². The second-order valence-electron chi connectivity index (χ2n) is 8.15.